The van der Waals surface area contributed by atoms with E-state index in [9.17, 15) is 19.3 Å². The van der Waals surface area contributed by atoms with E-state index in [1.165, 1.54) is 0 Å². The predicted octanol–water partition coefficient (Wildman–Crippen LogP) is 1.59. The molecule has 0 aliphatic carbocycles. The van der Waals surface area contributed by atoms with Crippen LogP contribution >= 0.6 is 0 Å². The van der Waals surface area contributed by atoms with Crippen LogP contribution in [-0.2, 0) is 4.79 Å². The molecule has 82 valence electrons. The lowest BCUT2D eigenvalue weighted by Crippen LogP contribution is -2.11. The number of amides is 1. The minimum atomic E-state index is -0.814. The first-order chi connectivity index (χ1) is 7.54. The quantitative estimate of drug-likeness (QED) is 0.621. The number of nitro benzene ring substituents is 1. The van der Waals surface area contributed by atoms with Gasteiger partial charge in [-0.3, -0.25) is 14.9 Å². The number of nitro groups is 1. The standard InChI is InChI=1S/C9H6FN3O3/c10-6-1-2-7(8(5-6)13(15)16)12-9(14)3-4-11/h1-2,5H,3H2,(H,12,14). The molecule has 1 aromatic rings. The van der Waals surface area contributed by atoms with E-state index in [0.29, 0.717) is 6.07 Å². The largest absolute Gasteiger partial charge is 0.319 e. The summed E-state index contributed by atoms with van der Waals surface area (Å²) in [7, 11) is 0. The first-order valence-electron chi connectivity index (χ1n) is 4.15. The Morgan fingerprint density at radius 3 is 2.88 bits per heavy atom. The molecular weight excluding hydrogens is 217 g/mol. The number of rotatable bonds is 3. The highest BCUT2D eigenvalue weighted by Gasteiger charge is 2.16. The van der Waals surface area contributed by atoms with E-state index in [4.69, 9.17) is 5.26 Å². The maximum atomic E-state index is 12.7. The monoisotopic (exact) mass is 223 g/mol. The van der Waals surface area contributed by atoms with Crippen LogP contribution in [-0.4, -0.2) is 10.8 Å². The van der Waals surface area contributed by atoms with Crippen molar-refractivity contribution in [3.8, 4) is 6.07 Å². The number of carbonyl (C=O) groups is 1. The van der Waals surface area contributed by atoms with Gasteiger partial charge in [0, 0.05) is 0 Å². The minimum Gasteiger partial charge on any atom is -0.319 e. The summed E-state index contributed by atoms with van der Waals surface area (Å²) in [4.78, 5) is 20.7. The fraction of sp³-hybridized carbons (Fsp3) is 0.111. The average Bonchev–Trinajstić information content (AvgIpc) is 2.20. The second-order valence-electron chi connectivity index (χ2n) is 2.80. The lowest BCUT2D eigenvalue weighted by molar-refractivity contribution is -0.384. The molecule has 0 spiro atoms. The number of nitriles is 1. The fourth-order valence-electron chi connectivity index (χ4n) is 1.03. The molecule has 0 bridgehead atoms. The molecule has 0 radical (unpaired) electrons. The molecule has 6 nitrogen and oxygen atoms in total. The van der Waals surface area contributed by atoms with E-state index in [1.807, 2.05) is 0 Å². The number of nitrogens with zero attached hydrogens (tertiary/aromatic N) is 2. The molecule has 0 aliphatic heterocycles. The maximum Gasteiger partial charge on any atom is 0.295 e. The Kier molecular flexibility index (Phi) is 3.50. The zero-order valence-corrected chi connectivity index (χ0v) is 7.94. The van der Waals surface area contributed by atoms with Crippen LogP contribution in [0.2, 0.25) is 0 Å². The summed E-state index contributed by atoms with van der Waals surface area (Å²) in [6.07, 6.45) is -0.422. The van der Waals surface area contributed by atoms with Crippen molar-refractivity contribution in [3.05, 3.63) is 34.1 Å². The predicted molar refractivity (Wildman–Crippen MR) is 51.9 cm³/mol. The highest BCUT2D eigenvalue weighted by Crippen LogP contribution is 2.24. The zero-order chi connectivity index (χ0) is 12.1. The van der Waals surface area contributed by atoms with E-state index in [-0.39, 0.29) is 5.69 Å². The van der Waals surface area contributed by atoms with E-state index in [0.717, 1.165) is 12.1 Å². The van der Waals surface area contributed by atoms with Crippen molar-refractivity contribution in [2.75, 3.05) is 5.32 Å². The molecule has 1 rings (SSSR count). The summed E-state index contributed by atoms with van der Waals surface area (Å²) >= 11 is 0. The average molecular weight is 223 g/mol. The molecular formula is C9H6FN3O3. The van der Waals surface area contributed by atoms with Crippen LogP contribution in [0.15, 0.2) is 18.2 Å². The van der Waals surface area contributed by atoms with Gasteiger partial charge in [-0.1, -0.05) is 0 Å². The third-order valence-corrected chi connectivity index (χ3v) is 1.67. The third-order valence-electron chi connectivity index (χ3n) is 1.67. The van der Waals surface area contributed by atoms with Gasteiger partial charge in [-0.2, -0.15) is 5.26 Å². The Bertz CT molecular complexity index is 481. The molecule has 0 aliphatic rings. The SMILES string of the molecule is N#CCC(=O)Nc1ccc(F)cc1[N+](=O)[O-]. The summed E-state index contributed by atoms with van der Waals surface area (Å²) in [5, 5.41) is 20.9. The Labute approximate surface area is 89.4 Å². The van der Waals surface area contributed by atoms with Crippen molar-refractivity contribution in [1.82, 2.24) is 0 Å². The van der Waals surface area contributed by atoms with Gasteiger partial charge in [-0.25, -0.2) is 4.39 Å². The molecule has 0 saturated carbocycles. The summed E-state index contributed by atoms with van der Waals surface area (Å²) in [5.41, 5.74) is -0.682. The molecule has 1 aromatic carbocycles. The fourth-order valence-corrected chi connectivity index (χ4v) is 1.03. The van der Waals surface area contributed by atoms with Gasteiger partial charge in [0.1, 0.15) is 17.9 Å². The number of hydrogen-bond donors (Lipinski definition) is 1. The highest BCUT2D eigenvalue weighted by atomic mass is 19.1. The third kappa shape index (κ3) is 2.75. The van der Waals surface area contributed by atoms with Gasteiger partial charge < -0.3 is 5.32 Å². The number of halogens is 1. The number of anilines is 1. The van der Waals surface area contributed by atoms with Gasteiger partial charge >= 0.3 is 0 Å². The molecule has 0 heterocycles. The van der Waals surface area contributed by atoms with Crippen LogP contribution in [0, 0.1) is 27.3 Å². The van der Waals surface area contributed by atoms with Crippen molar-refractivity contribution in [2.45, 2.75) is 6.42 Å². The van der Waals surface area contributed by atoms with Gasteiger partial charge in [-0.05, 0) is 12.1 Å². The Morgan fingerprint density at radius 2 is 2.31 bits per heavy atom. The van der Waals surface area contributed by atoms with E-state index in [2.05, 4.69) is 5.32 Å². The zero-order valence-electron chi connectivity index (χ0n) is 7.94. The number of carbonyl (C=O) groups excluding carboxylic acids is 1. The molecule has 1 amide bonds. The molecule has 1 N–H and O–H groups in total. The van der Waals surface area contributed by atoms with Crippen LogP contribution in [0.4, 0.5) is 15.8 Å². The molecule has 0 aromatic heterocycles. The van der Waals surface area contributed by atoms with Crippen LogP contribution in [0.1, 0.15) is 6.42 Å². The molecule has 0 fully saturated rings. The Morgan fingerprint density at radius 1 is 1.62 bits per heavy atom. The highest BCUT2D eigenvalue weighted by molar-refractivity contribution is 5.94. The van der Waals surface area contributed by atoms with Crippen LogP contribution in [0.3, 0.4) is 0 Å². The second kappa shape index (κ2) is 4.84. The number of hydrogen-bond acceptors (Lipinski definition) is 4. The van der Waals surface area contributed by atoms with Crippen LogP contribution < -0.4 is 5.32 Å². The minimum absolute atomic E-state index is 0.133. The summed E-state index contributed by atoms with van der Waals surface area (Å²) in [6, 6.07) is 4.34. The van der Waals surface area contributed by atoms with Crippen LogP contribution in [0.25, 0.3) is 0 Å². The molecule has 0 unspecified atom stereocenters. The lowest BCUT2D eigenvalue weighted by Gasteiger charge is -2.03. The van der Waals surface area contributed by atoms with Gasteiger partial charge in [-0.15, -0.1) is 0 Å². The second-order valence-corrected chi connectivity index (χ2v) is 2.80. The molecule has 16 heavy (non-hydrogen) atoms. The first kappa shape index (κ1) is 11.6. The van der Waals surface area contributed by atoms with Gasteiger partial charge in [0.15, 0.2) is 0 Å². The normalized spacial score (nSPS) is 9.25. The molecule has 7 heteroatoms. The number of benzene rings is 1. The van der Waals surface area contributed by atoms with E-state index < -0.39 is 28.8 Å². The maximum absolute atomic E-state index is 12.7. The number of nitrogens with one attached hydrogen (secondary N) is 1. The molecule has 0 atom stereocenters. The van der Waals surface area contributed by atoms with Gasteiger partial charge in [0.2, 0.25) is 5.91 Å². The summed E-state index contributed by atoms with van der Waals surface area (Å²) < 4.78 is 12.7. The van der Waals surface area contributed by atoms with E-state index in [1.54, 1.807) is 6.07 Å². The van der Waals surface area contributed by atoms with Crippen molar-refractivity contribution < 1.29 is 14.1 Å². The van der Waals surface area contributed by atoms with Gasteiger partial charge in [0.25, 0.3) is 5.69 Å². The topological polar surface area (TPSA) is 96.0 Å². The first-order valence-corrected chi connectivity index (χ1v) is 4.15. The Hall–Kier alpha value is -2.49. The van der Waals surface area contributed by atoms with Crippen LogP contribution in [0.5, 0.6) is 0 Å². The van der Waals surface area contributed by atoms with Crippen molar-refractivity contribution in [1.29, 1.82) is 5.26 Å². The van der Waals surface area contributed by atoms with Crippen molar-refractivity contribution in [3.63, 3.8) is 0 Å². The lowest BCUT2D eigenvalue weighted by atomic mass is 10.2. The van der Waals surface area contributed by atoms with E-state index >= 15 is 0 Å². The van der Waals surface area contributed by atoms with Crippen molar-refractivity contribution in [2.24, 2.45) is 0 Å². The smallest absolute Gasteiger partial charge is 0.295 e. The Balaban J connectivity index is 3.00. The van der Waals surface area contributed by atoms with Crippen molar-refractivity contribution >= 4 is 17.3 Å². The van der Waals surface area contributed by atoms with Gasteiger partial charge in [0.05, 0.1) is 17.1 Å². The summed E-state index contributed by atoms with van der Waals surface area (Å²) in [6.45, 7) is 0. The molecule has 0 saturated heterocycles. The summed E-state index contributed by atoms with van der Waals surface area (Å²) in [5.74, 6) is -1.46.